The number of H-pyrrole nitrogens is 1. The van der Waals surface area contributed by atoms with Crippen molar-refractivity contribution in [3.63, 3.8) is 0 Å². The van der Waals surface area contributed by atoms with E-state index in [1.54, 1.807) is 13.0 Å². The molecule has 0 unspecified atom stereocenters. The number of carbonyl (C=O) groups excluding carboxylic acids is 2. The zero-order valence-corrected chi connectivity index (χ0v) is 13.3. The van der Waals surface area contributed by atoms with Crippen LogP contribution < -0.4 is 15.6 Å². The summed E-state index contributed by atoms with van der Waals surface area (Å²) in [6, 6.07) is 9.12. The number of ether oxygens (including phenoxy) is 1. The second-order valence-corrected chi connectivity index (χ2v) is 5.45. The molecule has 1 aromatic carbocycles. The highest BCUT2D eigenvalue weighted by Crippen LogP contribution is 2.18. The number of aromatic amines is 1. The fourth-order valence-electron chi connectivity index (χ4n) is 1.86. The lowest BCUT2D eigenvalue weighted by Gasteiger charge is -2.09. The van der Waals surface area contributed by atoms with Crippen LogP contribution in [0.2, 0.25) is 0 Å². The molecule has 0 aliphatic rings. The molecule has 2 rings (SSSR count). The zero-order chi connectivity index (χ0) is 16.8. The van der Waals surface area contributed by atoms with Crippen molar-refractivity contribution in [3.05, 3.63) is 47.3 Å². The number of hydrogen-bond donors (Lipinski definition) is 3. The van der Waals surface area contributed by atoms with Crippen molar-refractivity contribution in [1.29, 1.82) is 0 Å². The summed E-state index contributed by atoms with van der Waals surface area (Å²) in [7, 11) is 0. The van der Waals surface area contributed by atoms with Gasteiger partial charge in [-0.25, -0.2) is 0 Å². The van der Waals surface area contributed by atoms with Crippen LogP contribution in [0.4, 0.5) is 0 Å². The molecule has 1 heterocycles. The number of hydrogen-bond acceptors (Lipinski definition) is 4. The van der Waals surface area contributed by atoms with E-state index in [-0.39, 0.29) is 12.3 Å². The molecule has 2 aromatic rings. The fraction of sp³-hybridized carbons (Fsp3) is 0.312. The fourth-order valence-corrected chi connectivity index (χ4v) is 1.86. The monoisotopic (exact) mass is 316 g/mol. The van der Waals surface area contributed by atoms with Crippen LogP contribution in [0.1, 0.15) is 41.5 Å². The first kappa shape index (κ1) is 16.5. The lowest BCUT2D eigenvalue weighted by molar-refractivity contribution is -0.123. The minimum Gasteiger partial charge on any atom is -0.484 e. The van der Waals surface area contributed by atoms with Crippen molar-refractivity contribution in [1.82, 2.24) is 21.0 Å². The first-order valence-corrected chi connectivity index (χ1v) is 7.29. The maximum atomic E-state index is 11.7. The predicted octanol–water partition coefficient (Wildman–Crippen LogP) is 1.68. The Morgan fingerprint density at radius 1 is 1.22 bits per heavy atom. The summed E-state index contributed by atoms with van der Waals surface area (Å²) < 4.78 is 5.36. The third kappa shape index (κ3) is 4.84. The number of nitrogens with one attached hydrogen (secondary N) is 3. The predicted molar refractivity (Wildman–Crippen MR) is 85.0 cm³/mol. The Bertz CT molecular complexity index is 677. The van der Waals surface area contributed by atoms with Gasteiger partial charge in [-0.3, -0.25) is 25.5 Å². The maximum Gasteiger partial charge on any atom is 0.290 e. The highest BCUT2D eigenvalue weighted by Gasteiger charge is 2.10. The van der Waals surface area contributed by atoms with E-state index in [2.05, 4.69) is 34.9 Å². The number of rotatable bonds is 5. The standard InChI is InChI=1S/C16H20N4O3/c1-10(2)12-4-6-13(7-5-12)23-9-15(21)19-20-16(22)14-8-11(3)17-18-14/h4-8,10H,9H2,1-3H3,(H,17,18)(H,19,21)(H,20,22). The topological polar surface area (TPSA) is 96.1 Å². The average Bonchev–Trinajstić information content (AvgIpc) is 2.97. The molecule has 0 atom stereocenters. The van der Waals surface area contributed by atoms with Crippen molar-refractivity contribution >= 4 is 11.8 Å². The molecule has 0 radical (unpaired) electrons. The van der Waals surface area contributed by atoms with Gasteiger partial charge in [0.25, 0.3) is 11.8 Å². The minimum absolute atomic E-state index is 0.194. The van der Waals surface area contributed by atoms with Gasteiger partial charge in [0.2, 0.25) is 0 Å². The number of hydrazine groups is 1. The van der Waals surface area contributed by atoms with E-state index >= 15 is 0 Å². The van der Waals surface area contributed by atoms with Crippen molar-refractivity contribution in [2.75, 3.05) is 6.61 Å². The van der Waals surface area contributed by atoms with Crippen LogP contribution in [0.25, 0.3) is 0 Å². The Hall–Kier alpha value is -2.83. The van der Waals surface area contributed by atoms with Crippen LogP contribution >= 0.6 is 0 Å². The van der Waals surface area contributed by atoms with E-state index in [4.69, 9.17) is 4.74 Å². The van der Waals surface area contributed by atoms with Crippen LogP contribution in [0.15, 0.2) is 30.3 Å². The van der Waals surface area contributed by atoms with Crippen molar-refractivity contribution < 1.29 is 14.3 Å². The van der Waals surface area contributed by atoms with E-state index in [1.165, 1.54) is 5.56 Å². The van der Waals surface area contributed by atoms with E-state index < -0.39 is 11.8 Å². The summed E-state index contributed by atoms with van der Waals surface area (Å²) in [6.45, 7) is 5.79. The second-order valence-electron chi connectivity index (χ2n) is 5.45. The van der Waals surface area contributed by atoms with Gasteiger partial charge in [0.1, 0.15) is 5.75 Å². The summed E-state index contributed by atoms with van der Waals surface area (Å²) in [5.41, 5.74) is 6.70. The van der Waals surface area contributed by atoms with E-state index in [1.807, 2.05) is 24.3 Å². The summed E-state index contributed by atoms with van der Waals surface area (Å²) >= 11 is 0. The van der Waals surface area contributed by atoms with Crippen LogP contribution in [0.3, 0.4) is 0 Å². The SMILES string of the molecule is Cc1cc(C(=O)NNC(=O)COc2ccc(C(C)C)cc2)n[nH]1. The van der Waals surface area contributed by atoms with Gasteiger partial charge in [-0.1, -0.05) is 26.0 Å². The summed E-state index contributed by atoms with van der Waals surface area (Å²) in [4.78, 5) is 23.3. The molecule has 0 bridgehead atoms. The Morgan fingerprint density at radius 3 is 2.48 bits per heavy atom. The molecule has 122 valence electrons. The van der Waals surface area contributed by atoms with Crippen molar-refractivity contribution in [3.8, 4) is 5.75 Å². The van der Waals surface area contributed by atoms with Crippen molar-refractivity contribution in [2.24, 2.45) is 0 Å². The molecular formula is C16H20N4O3. The zero-order valence-electron chi connectivity index (χ0n) is 13.3. The third-order valence-electron chi connectivity index (χ3n) is 3.17. The number of nitrogens with zero attached hydrogens (tertiary/aromatic N) is 1. The van der Waals surface area contributed by atoms with E-state index in [9.17, 15) is 9.59 Å². The Kier molecular flexibility index (Phi) is 5.35. The van der Waals surface area contributed by atoms with Gasteiger partial charge >= 0.3 is 0 Å². The van der Waals surface area contributed by atoms with Gasteiger partial charge in [-0.15, -0.1) is 0 Å². The summed E-state index contributed by atoms with van der Waals surface area (Å²) in [6.07, 6.45) is 0. The number of carbonyl (C=O) groups is 2. The molecule has 7 heteroatoms. The Morgan fingerprint density at radius 2 is 1.91 bits per heavy atom. The van der Waals surface area contributed by atoms with Crippen LogP contribution in [0.5, 0.6) is 5.75 Å². The van der Waals surface area contributed by atoms with Gasteiger partial charge in [-0.05, 0) is 36.6 Å². The van der Waals surface area contributed by atoms with Crippen molar-refractivity contribution in [2.45, 2.75) is 26.7 Å². The van der Waals surface area contributed by atoms with Gasteiger partial charge in [0.05, 0.1) is 0 Å². The highest BCUT2D eigenvalue weighted by molar-refractivity contribution is 5.93. The van der Waals surface area contributed by atoms with Crippen LogP contribution in [-0.4, -0.2) is 28.6 Å². The molecule has 0 saturated carbocycles. The molecule has 0 aliphatic heterocycles. The number of aromatic nitrogens is 2. The van der Waals surface area contributed by atoms with Gasteiger partial charge in [-0.2, -0.15) is 5.10 Å². The molecule has 0 fully saturated rings. The number of benzene rings is 1. The second kappa shape index (κ2) is 7.44. The summed E-state index contributed by atoms with van der Waals surface area (Å²) in [5, 5.41) is 6.44. The molecule has 1 aromatic heterocycles. The number of aryl methyl sites for hydroxylation is 1. The molecule has 23 heavy (non-hydrogen) atoms. The normalized spacial score (nSPS) is 10.4. The molecule has 7 nitrogen and oxygen atoms in total. The van der Waals surface area contributed by atoms with E-state index in [0.717, 1.165) is 5.69 Å². The molecule has 0 spiro atoms. The summed E-state index contributed by atoms with van der Waals surface area (Å²) in [5.74, 6) is 0.0783. The maximum absolute atomic E-state index is 11.7. The quantitative estimate of drug-likeness (QED) is 0.731. The lowest BCUT2D eigenvalue weighted by atomic mass is 10.0. The molecule has 0 aliphatic carbocycles. The third-order valence-corrected chi connectivity index (χ3v) is 3.17. The average molecular weight is 316 g/mol. The molecule has 0 saturated heterocycles. The molecular weight excluding hydrogens is 296 g/mol. The highest BCUT2D eigenvalue weighted by atomic mass is 16.5. The number of amides is 2. The van der Waals surface area contributed by atoms with Crippen LogP contribution in [0, 0.1) is 6.92 Å². The van der Waals surface area contributed by atoms with Gasteiger partial charge < -0.3 is 4.74 Å². The largest absolute Gasteiger partial charge is 0.484 e. The Labute approximate surface area is 134 Å². The molecule has 2 amide bonds. The van der Waals surface area contributed by atoms with Gasteiger partial charge in [0.15, 0.2) is 12.3 Å². The van der Waals surface area contributed by atoms with E-state index in [0.29, 0.717) is 11.7 Å². The first-order valence-electron chi connectivity index (χ1n) is 7.29. The van der Waals surface area contributed by atoms with Crippen LogP contribution in [-0.2, 0) is 4.79 Å². The lowest BCUT2D eigenvalue weighted by Crippen LogP contribution is -2.44. The Balaban J connectivity index is 1.75. The molecule has 3 N–H and O–H groups in total. The van der Waals surface area contributed by atoms with Gasteiger partial charge in [0, 0.05) is 5.69 Å². The smallest absolute Gasteiger partial charge is 0.290 e. The first-order chi connectivity index (χ1) is 11.0. The minimum atomic E-state index is -0.496.